The van der Waals surface area contributed by atoms with Crippen LogP contribution in [0.2, 0.25) is 0 Å². The first-order valence-electron chi connectivity index (χ1n) is 7.41. The van der Waals surface area contributed by atoms with Gasteiger partial charge in [0.15, 0.2) is 0 Å². The number of alkyl carbamates (subject to hydrolysis) is 1. The number of carbonyl (C=O) groups excluding carboxylic acids is 1. The van der Waals surface area contributed by atoms with Crippen molar-refractivity contribution in [2.75, 3.05) is 14.1 Å². The predicted molar refractivity (Wildman–Crippen MR) is 83.6 cm³/mol. The Hall–Kier alpha value is -1.34. The van der Waals surface area contributed by atoms with Crippen LogP contribution in [0.25, 0.3) is 0 Å². The maximum absolute atomic E-state index is 11.8. The number of rotatable bonds is 4. The highest BCUT2D eigenvalue weighted by molar-refractivity contribution is 5.68. The highest BCUT2D eigenvalue weighted by atomic mass is 16.6. The number of nitrogens with two attached hydrogens (primary N) is 1. The van der Waals surface area contributed by atoms with Crippen LogP contribution >= 0.6 is 0 Å². The summed E-state index contributed by atoms with van der Waals surface area (Å²) >= 11 is 0. The molecule has 0 aromatic rings. The van der Waals surface area contributed by atoms with E-state index < -0.39 is 5.60 Å². The zero-order valence-electron chi connectivity index (χ0n) is 13.8. The average molecular weight is 299 g/mol. The first kappa shape index (κ1) is 17.7. The molecule has 1 aliphatic carbocycles. The minimum atomic E-state index is -0.460. The number of nitrogens with one attached hydrogen (secondary N) is 1. The monoisotopic (exact) mass is 299 g/mol. The van der Waals surface area contributed by atoms with Crippen LogP contribution in [-0.2, 0) is 4.74 Å². The molecule has 1 aliphatic rings. The van der Waals surface area contributed by atoms with Gasteiger partial charge in [-0.15, -0.1) is 0 Å². The van der Waals surface area contributed by atoms with Crippen LogP contribution in [0, 0.1) is 0 Å². The molecule has 0 radical (unpaired) electrons. The normalized spacial score (nSPS) is 23.4. The molecule has 1 rings (SSSR count). The van der Waals surface area contributed by atoms with Crippen molar-refractivity contribution < 1.29 is 9.53 Å². The number of ether oxygens (including phenoxy) is 1. The molecule has 0 unspecified atom stereocenters. The van der Waals surface area contributed by atoms with Crippen LogP contribution < -0.4 is 11.2 Å². The van der Waals surface area contributed by atoms with E-state index in [1.807, 2.05) is 25.8 Å². The second-order valence-electron chi connectivity index (χ2n) is 6.48. The summed E-state index contributed by atoms with van der Waals surface area (Å²) < 4.78 is 5.28. The fourth-order valence-electron chi connectivity index (χ4n) is 2.51. The largest absolute Gasteiger partial charge is 0.444 e. The van der Waals surface area contributed by atoms with Gasteiger partial charge < -0.3 is 10.1 Å². The number of nitrogens with zero attached hydrogens (tertiary/aromatic N) is 3. The maximum atomic E-state index is 11.8. The Morgan fingerprint density at radius 3 is 2.33 bits per heavy atom. The first-order valence-corrected chi connectivity index (χ1v) is 7.41. The molecule has 0 spiro atoms. The smallest absolute Gasteiger partial charge is 0.407 e. The van der Waals surface area contributed by atoms with Gasteiger partial charge in [0.25, 0.3) is 0 Å². The Balaban J connectivity index is 2.43. The number of hydrogen-bond acceptors (Lipinski definition) is 5. The molecule has 7 heteroatoms. The van der Waals surface area contributed by atoms with Gasteiger partial charge in [-0.2, -0.15) is 5.12 Å². The van der Waals surface area contributed by atoms with E-state index in [1.165, 1.54) is 0 Å². The topological polar surface area (TPSA) is 83.2 Å². The van der Waals surface area contributed by atoms with Gasteiger partial charge in [0.1, 0.15) is 11.9 Å². The Kier molecular flexibility index (Phi) is 6.42. The molecule has 7 nitrogen and oxygen atoms in total. The van der Waals surface area contributed by atoms with Crippen molar-refractivity contribution in [3.63, 3.8) is 0 Å². The minimum Gasteiger partial charge on any atom is -0.444 e. The molecule has 0 bridgehead atoms. The number of hydrazine groups is 2. The van der Waals surface area contributed by atoms with Gasteiger partial charge in [-0.25, -0.2) is 4.79 Å². The summed E-state index contributed by atoms with van der Waals surface area (Å²) in [7, 11) is 3.53. The summed E-state index contributed by atoms with van der Waals surface area (Å²) in [5, 5.41) is 6.43. The summed E-state index contributed by atoms with van der Waals surface area (Å²) in [5.74, 6) is 5.82. The van der Waals surface area contributed by atoms with Gasteiger partial charge in [0.05, 0.1) is 0 Å². The third-order valence-corrected chi connectivity index (χ3v) is 3.39. The van der Waals surface area contributed by atoms with Crippen LogP contribution in [0.3, 0.4) is 0 Å². The fourth-order valence-corrected chi connectivity index (χ4v) is 2.51. The Morgan fingerprint density at radius 1 is 1.33 bits per heavy atom. The molecule has 0 atom stereocenters. The lowest BCUT2D eigenvalue weighted by Crippen LogP contribution is -2.52. The van der Waals surface area contributed by atoms with Crippen LogP contribution in [0.5, 0.6) is 0 Å². The van der Waals surface area contributed by atoms with Crippen LogP contribution in [-0.4, -0.2) is 54.3 Å². The molecule has 0 aliphatic heterocycles. The number of amides is 1. The molecule has 0 aromatic carbocycles. The van der Waals surface area contributed by atoms with Crippen molar-refractivity contribution in [3.05, 3.63) is 0 Å². The maximum Gasteiger partial charge on any atom is 0.407 e. The van der Waals surface area contributed by atoms with Crippen molar-refractivity contribution in [1.82, 2.24) is 15.4 Å². The molecule has 0 aromatic heterocycles. The molecular weight excluding hydrogens is 270 g/mol. The van der Waals surface area contributed by atoms with Crippen molar-refractivity contribution >= 4 is 12.4 Å². The lowest BCUT2D eigenvalue weighted by atomic mass is 9.91. The summed E-state index contributed by atoms with van der Waals surface area (Å²) in [4.78, 5) is 15.8. The second kappa shape index (κ2) is 7.61. The van der Waals surface area contributed by atoms with E-state index in [4.69, 9.17) is 10.6 Å². The molecule has 1 fully saturated rings. The van der Waals surface area contributed by atoms with Crippen molar-refractivity contribution in [2.24, 2.45) is 10.8 Å². The van der Waals surface area contributed by atoms with Gasteiger partial charge in [0.2, 0.25) is 0 Å². The van der Waals surface area contributed by atoms with Crippen molar-refractivity contribution in [3.8, 4) is 0 Å². The molecule has 1 amide bonds. The van der Waals surface area contributed by atoms with E-state index >= 15 is 0 Å². The minimum absolute atomic E-state index is 0.166. The number of carbonyl (C=O) groups is 1. The summed E-state index contributed by atoms with van der Waals surface area (Å²) in [6.45, 7) is 5.59. The number of hydrogen-bond donors (Lipinski definition) is 2. The Labute approximate surface area is 127 Å². The SMILES string of the molecule is C/N=C/N(C1CCC(NC(=O)OC(C)(C)C)CC1)N(C)N. The molecule has 3 N–H and O–H groups in total. The van der Waals surface area contributed by atoms with Gasteiger partial charge in [-0.05, 0) is 46.5 Å². The van der Waals surface area contributed by atoms with Gasteiger partial charge in [0, 0.05) is 26.2 Å². The van der Waals surface area contributed by atoms with E-state index in [0.29, 0.717) is 6.04 Å². The van der Waals surface area contributed by atoms with Crippen molar-refractivity contribution in [1.29, 1.82) is 0 Å². The molecule has 0 heterocycles. The molecule has 21 heavy (non-hydrogen) atoms. The first-order chi connectivity index (χ1) is 9.73. The highest BCUT2D eigenvalue weighted by Gasteiger charge is 2.28. The molecule has 1 saturated carbocycles. The van der Waals surface area contributed by atoms with Crippen LogP contribution in [0.4, 0.5) is 4.79 Å². The van der Waals surface area contributed by atoms with E-state index in [2.05, 4.69) is 10.3 Å². The van der Waals surface area contributed by atoms with Gasteiger partial charge >= 0.3 is 6.09 Å². The lowest BCUT2D eigenvalue weighted by Gasteiger charge is -2.38. The summed E-state index contributed by atoms with van der Waals surface area (Å²) in [6, 6.07) is 0.486. The fraction of sp³-hybridized carbons (Fsp3) is 0.857. The van der Waals surface area contributed by atoms with Crippen LogP contribution in [0.1, 0.15) is 46.5 Å². The second-order valence-corrected chi connectivity index (χ2v) is 6.48. The zero-order chi connectivity index (χ0) is 16.0. The van der Waals surface area contributed by atoms with Crippen LogP contribution in [0.15, 0.2) is 4.99 Å². The van der Waals surface area contributed by atoms with E-state index in [9.17, 15) is 4.79 Å². The van der Waals surface area contributed by atoms with E-state index in [1.54, 1.807) is 25.6 Å². The Morgan fingerprint density at radius 2 is 1.90 bits per heavy atom. The predicted octanol–water partition coefficient (Wildman–Crippen LogP) is 1.50. The van der Waals surface area contributed by atoms with Gasteiger partial charge in [-0.1, -0.05) is 0 Å². The third-order valence-electron chi connectivity index (χ3n) is 3.39. The highest BCUT2D eigenvalue weighted by Crippen LogP contribution is 2.23. The summed E-state index contributed by atoms with van der Waals surface area (Å²) in [5.41, 5.74) is -0.460. The van der Waals surface area contributed by atoms with E-state index in [-0.39, 0.29) is 12.1 Å². The molecular formula is C14H29N5O2. The van der Waals surface area contributed by atoms with Crippen molar-refractivity contribution in [2.45, 2.75) is 64.1 Å². The zero-order valence-corrected chi connectivity index (χ0v) is 13.8. The standard InChI is InChI=1S/C14H29N5O2/c1-14(2,3)21-13(20)17-11-6-8-12(9-7-11)19(10-16-4)18(5)15/h10-12H,6-9,15H2,1-5H3,(H,17,20)/b16-10+. The average Bonchev–Trinajstić information content (AvgIpc) is 2.34. The third kappa shape index (κ3) is 6.31. The molecule has 122 valence electrons. The lowest BCUT2D eigenvalue weighted by molar-refractivity contribution is 0.0177. The number of aliphatic imine (C=N–C) groups is 1. The van der Waals surface area contributed by atoms with Gasteiger partial charge in [-0.3, -0.25) is 15.8 Å². The Bertz CT molecular complexity index is 357. The van der Waals surface area contributed by atoms with E-state index in [0.717, 1.165) is 25.7 Å². The quantitative estimate of drug-likeness (QED) is 0.356. The summed E-state index contributed by atoms with van der Waals surface area (Å²) in [6.07, 6.45) is 5.13. The molecule has 0 saturated heterocycles.